The van der Waals surface area contributed by atoms with Crippen molar-refractivity contribution in [3.05, 3.63) is 83.9 Å². The Balaban J connectivity index is 1.86. The maximum Gasteiger partial charge on any atom is 0.416 e. The summed E-state index contributed by atoms with van der Waals surface area (Å²) in [5.41, 5.74) is 0.319. The zero-order valence-corrected chi connectivity index (χ0v) is 17.3. The molecule has 0 aliphatic carbocycles. The van der Waals surface area contributed by atoms with Gasteiger partial charge in [0.2, 0.25) is 0 Å². The molecule has 1 amide bonds. The van der Waals surface area contributed by atoms with Gasteiger partial charge in [0, 0.05) is 26.1 Å². The van der Waals surface area contributed by atoms with Gasteiger partial charge in [0.05, 0.1) is 5.56 Å². The van der Waals surface area contributed by atoms with Gasteiger partial charge in [-0.25, -0.2) is 4.79 Å². The number of benzene rings is 3. The first-order chi connectivity index (χ1) is 15.1. The largest absolute Gasteiger partial charge is 0.426 e. The Morgan fingerprint density at radius 2 is 1.62 bits per heavy atom. The lowest BCUT2D eigenvalue weighted by atomic mass is 9.99. The summed E-state index contributed by atoms with van der Waals surface area (Å²) in [5, 5.41) is 0. The van der Waals surface area contributed by atoms with Crippen LogP contribution in [0, 0.1) is 0 Å². The highest BCUT2D eigenvalue weighted by Crippen LogP contribution is 2.37. The number of carbonyl (C=O) groups excluding carboxylic acids is 2. The van der Waals surface area contributed by atoms with E-state index in [4.69, 9.17) is 9.47 Å². The van der Waals surface area contributed by atoms with E-state index in [1.54, 1.807) is 61.6 Å². The Morgan fingerprint density at radius 1 is 0.906 bits per heavy atom. The Kier molecular flexibility index (Phi) is 6.82. The van der Waals surface area contributed by atoms with Crippen molar-refractivity contribution in [2.75, 3.05) is 7.05 Å². The molecule has 0 radical (unpaired) electrons. The minimum atomic E-state index is -4.55. The van der Waals surface area contributed by atoms with E-state index < -0.39 is 23.8 Å². The van der Waals surface area contributed by atoms with Crippen molar-refractivity contribution in [2.45, 2.75) is 19.6 Å². The van der Waals surface area contributed by atoms with Crippen LogP contribution in [0.2, 0.25) is 0 Å². The van der Waals surface area contributed by atoms with Crippen molar-refractivity contribution in [3.8, 4) is 22.6 Å². The molecule has 0 bridgehead atoms. The van der Waals surface area contributed by atoms with Gasteiger partial charge in [-0.05, 0) is 47.5 Å². The summed E-state index contributed by atoms with van der Waals surface area (Å²) in [7, 11) is 1.55. The van der Waals surface area contributed by atoms with E-state index in [2.05, 4.69) is 0 Å². The first-order valence-electron chi connectivity index (χ1n) is 9.60. The molecule has 0 spiro atoms. The number of rotatable bonds is 5. The summed E-state index contributed by atoms with van der Waals surface area (Å²) < 4.78 is 50.1. The molecule has 0 fully saturated rings. The molecule has 3 aromatic carbocycles. The molecule has 0 saturated heterocycles. The highest BCUT2D eigenvalue weighted by Gasteiger charge is 2.31. The van der Waals surface area contributed by atoms with Crippen molar-refractivity contribution in [2.24, 2.45) is 0 Å². The smallest absolute Gasteiger partial charge is 0.416 e. The molecule has 0 unspecified atom stereocenters. The van der Waals surface area contributed by atoms with Crippen molar-refractivity contribution in [1.29, 1.82) is 0 Å². The molecule has 32 heavy (non-hydrogen) atoms. The van der Waals surface area contributed by atoms with Gasteiger partial charge in [0.1, 0.15) is 11.5 Å². The van der Waals surface area contributed by atoms with Crippen LogP contribution in [0.15, 0.2) is 72.8 Å². The number of hydrogen-bond donors (Lipinski definition) is 0. The maximum absolute atomic E-state index is 13.2. The fourth-order valence-corrected chi connectivity index (χ4v) is 3.02. The standard InChI is InChI=1S/C24H20F3NO4/c1-16(29)31-22-12-11-19(24(25,26)27)14-21(22)18-8-6-7-17(13-18)15-28(2)23(30)32-20-9-4-3-5-10-20/h3-14H,15H2,1-2H3. The van der Waals surface area contributed by atoms with Crippen LogP contribution >= 0.6 is 0 Å². The van der Waals surface area contributed by atoms with Crippen molar-refractivity contribution in [1.82, 2.24) is 4.90 Å². The molecular formula is C24H20F3NO4. The summed E-state index contributed by atoms with van der Waals surface area (Å²) in [5.74, 6) is -0.238. The monoisotopic (exact) mass is 443 g/mol. The van der Waals surface area contributed by atoms with Crippen LogP contribution in [-0.4, -0.2) is 24.0 Å². The normalized spacial score (nSPS) is 11.0. The second kappa shape index (κ2) is 9.55. The average molecular weight is 443 g/mol. The lowest BCUT2D eigenvalue weighted by Gasteiger charge is -2.18. The average Bonchev–Trinajstić information content (AvgIpc) is 2.73. The molecule has 0 aromatic heterocycles. The molecule has 0 N–H and O–H groups in total. The predicted octanol–water partition coefficient (Wildman–Crippen LogP) is 5.93. The first kappa shape index (κ1) is 22.9. The van der Waals surface area contributed by atoms with Crippen LogP contribution in [-0.2, 0) is 17.5 Å². The predicted molar refractivity (Wildman–Crippen MR) is 112 cm³/mol. The molecule has 3 aromatic rings. The maximum atomic E-state index is 13.2. The van der Waals surface area contributed by atoms with E-state index in [9.17, 15) is 22.8 Å². The number of nitrogens with zero attached hydrogens (tertiary/aromatic N) is 1. The van der Waals surface area contributed by atoms with Crippen molar-refractivity contribution in [3.63, 3.8) is 0 Å². The second-order valence-corrected chi connectivity index (χ2v) is 7.04. The van der Waals surface area contributed by atoms with Crippen LogP contribution in [0.4, 0.5) is 18.0 Å². The van der Waals surface area contributed by atoms with Gasteiger partial charge < -0.3 is 14.4 Å². The second-order valence-electron chi connectivity index (χ2n) is 7.04. The first-order valence-corrected chi connectivity index (χ1v) is 9.60. The fourth-order valence-electron chi connectivity index (χ4n) is 3.02. The lowest BCUT2D eigenvalue weighted by molar-refractivity contribution is -0.137. The number of alkyl halides is 3. The van der Waals surface area contributed by atoms with Crippen molar-refractivity contribution >= 4 is 12.1 Å². The molecule has 8 heteroatoms. The topological polar surface area (TPSA) is 55.8 Å². The number of hydrogen-bond acceptors (Lipinski definition) is 4. The summed E-state index contributed by atoms with van der Waals surface area (Å²) >= 11 is 0. The van der Waals surface area contributed by atoms with Gasteiger partial charge in [0.15, 0.2) is 0 Å². The number of ether oxygens (including phenoxy) is 2. The van der Waals surface area contributed by atoms with Crippen LogP contribution in [0.1, 0.15) is 18.1 Å². The zero-order valence-electron chi connectivity index (χ0n) is 17.3. The minimum Gasteiger partial charge on any atom is -0.426 e. The number of amides is 1. The van der Waals surface area contributed by atoms with Gasteiger partial charge >= 0.3 is 18.2 Å². The number of carbonyl (C=O) groups is 2. The van der Waals surface area contributed by atoms with E-state index in [1.807, 2.05) is 0 Å². The summed E-state index contributed by atoms with van der Waals surface area (Å²) in [4.78, 5) is 25.1. The Bertz CT molecular complexity index is 1110. The van der Waals surface area contributed by atoms with Crippen molar-refractivity contribution < 1.29 is 32.2 Å². The third-order valence-corrected chi connectivity index (χ3v) is 4.48. The molecule has 0 atom stereocenters. The van der Waals surface area contributed by atoms with Crippen LogP contribution < -0.4 is 9.47 Å². The zero-order chi connectivity index (χ0) is 23.3. The van der Waals surface area contributed by atoms with Crippen LogP contribution in [0.3, 0.4) is 0 Å². The highest BCUT2D eigenvalue weighted by molar-refractivity contribution is 5.77. The molecule has 3 rings (SSSR count). The summed E-state index contributed by atoms with van der Waals surface area (Å²) in [6.45, 7) is 1.33. The number of para-hydroxylation sites is 1. The van der Waals surface area contributed by atoms with E-state index in [-0.39, 0.29) is 17.9 Å². The van der Waals surface area contributed by atoms with Crippen LogP contribution in [0.25, 0.3) is 11.1 Å². The number of halogens is 3. The quantitative estimate of drug-likeness (QED) is 0.362. The fraction of sp³-hybridized carbons (Fsp3) is 0.167. The molecule has 5 nitrogen and oxygen atoms in total. The summed E-state index contributed by atoms with van der Waals surface area (Å²) in [6.07, 6.45) is -5.14. The van der Waals surface area contributed by atoms with Gasteiger partial charge in [-0.1, -0.05) is 36.4 Å². The molecule has 0 aliphatic heterocycles. The number of esters is 1. The molecule has 0 saturated carbocycles. The van der Waals surface area contributed by atoms with Gasteiger partial charge in [0.25, 0.3) is 0 Å². The Morgan fingerprint density at radius 3 is 2.28 bits per heavy atom. The molecule has 0 aliphatic rings. The minimum absolute atomic E-state index is 0.0134. The Hall–Kier alpha value is -3.81. The van der Waals surface area contributed by atoms with E-state index in [0.29, 0.717) is 16.9 Å². The molecule has 0 heterocycles. The lowest BCUT2D eigenvalue weighted by Crippen LogP contribution is -2.29. The Labute approximate surface area is 183 Å². The SMILES string of the molecule is CC(=O)Oc1ccc(C(F)(F)F)cc1-c1cccc(CN(C)C(=O)Oc2ccccc2)c1. The molecular weight excluding hydrogens is 423 g/mol. The highest BCUT2D eigenvalue weighted by atomic mass is 19.4. The van der Waals surface area contributed by atoms with Gasteiger partial charge in [-0.15, -0.1) is 0 Å². The van der Waals surface area contributed by atoms with Crippen LogP contribution in [0.5, 0.6) is 11.5 Å². The summed E-state index contributed by atoms with van der Waals surface area (Å²) in [6, 6.07) is 18.1. The van der Waals surface area contributed by atoms with E-state index in [1.165, 1.54) is 11.8 Å². The van der Waals surface area contributed by atoms with E-state index >= 15 is 0 Å². The van der Waals surface area contributed by atoms with E-state index in [0.717, 1.165) is 18.2 Å². The van der Waals surface area contributed by atoms with Gasteiger partial charge in [-0.2, -0.15) is 13.2 Å². The molecule has 166 valence electrons. The third-order valence-electron chi connectivity index (χ3n) is 4.48. The third kappa shape index (κ3) is 5.87. The van der Waals surface area contributed by atoms with Gasteiger partial charge in [-0.3, -0.25) is 4.79 Å².